The topological polar surface area (TPSA) is 38.3 Å². The Hall–Kier alpha value is -1.16. The summed E-state index contributed by atoms with van der Waals surface area (Å²) in [5, 5.41) is 3.06. The van der Waals surface area contributed by atoms with Gasteiger partial charge in [-0.1, -0.05) is 0 Å². The van der Waals surface area contributed by atoms with E-state index in [2.05, 4.69) is 5.32 Å². The summed E-state index contributed by atoms with van der Waals surface area (Å²) in [6.07, 6.45) is 0.622. The highest BCUT2D eigenvalue weighted by Gasteiger charge is 2.25. The first-order valence-electron chi connectivity index (χ1n) is 4.38. The number of β-lactam (4-membered cyclic amide) rings is 1. The van der Waals surface area contributed by atoms with Crippen molar-refractivity contribution in [3.8, 4) is 5.75 Å². The maximum Gasteiger partial charge on any atom is 0.223 e. The lowest BCUT2D eigenvalue weighted by atomic mass is 10.3. The van der Waals surface area contributed by atoms with E-state index in [1.807, 2.05) is 24.3 Å². The molecule has 1 aromatic rings. The zero-order valence-corrected chi connectivity index (χ0v) is 8.64. The van der Waals surface area contributed by atoms with Crippen LogP contribution in [0.4, 0.5) is 0 Å². The normalized spacial score (nSPS) is 19.8. The Morgan fingerprint density at radius 1 is 1.43 bits per heavy atom. The SMILES string of the molecule is COc1ccc(S[C@@H]2CC(=O)N2)cc1. The quantitative estimate of drug-likeness (QED) is 0.769. The van der Waals surface area contributed by atoms with Gasteiger partial charge in [0, 0.05) is 4.90 Å². The Labute approximate surface area is 86.8 Å². The van der Waals surface area contributed by atoms with Gasteiger partial charge in [-0.25, -0.2) is 0 Å². The van der Waals surface area contributed by atoms with E-state index in [0.717, 1.165) is 10.6 Å². The Morgan fingerprint density at radius 3 is 2.57 bits per heavy atom. The molecular weight excluding hydrogens is 198 g/mol. The zero-order chi connectivity index (χ0) is 9.97. The molecule has 0 bridgehead atoms. The lowest BCUT2D eigenvalue weighted by molar-refractivity contribution is -0.126. The highest BCUT2D eigenvalue weighted by Crippen LogP contribution is 2.28. The van der Waals surface area contributed by atoms with E-state index in [1.165, 1.54) is 0 Å². The molecule has 1 aromatic carbocycles. The zero-order valence-electron chi connectivity index (χ0n) is 7.82. The van der Waals surface area contributed by atoms with Crippen molar-refractivity contribution in [3.05, 3.63) is 24.3 Å². The van der Waals surface area contributed by atoms with Crippen LogP contribution in [0.15, 0.2) is 29.2 Å². The van der Waals surface area contributed by atoms with Gasteiger partial charge in [0.1, 0.15) is 5.75 Å². The molecule has 0 aliphatic carbocycles. The van der Waals surface area contributed by atoms with Crippen molar-refractivity contribution in [3.63, 3.8) is 0 Å². The van der Waals surface area contributed by atoms with E-state index in [0.29, 0.717) is 6.42 Å². The third kappa shape index (κ3) is 2.01. The predicted octanol–water partition coefficient (Wildman–Crippen LogP) is 1.63. The number of carbonyl (C=O) groups is 1. The van der Waals surface area contributed by atoms with E-state index in [9.17, 15) is 4.79 Å². The summed E-state index contributed by atoms with van der Waals surface area (Å²) < 4.78 is 5.05. The van der Waals surface area contributed by atoms with Gasteiger partial charge < -0.3 is 10.1 Å². The van der Waals surface area contributed by atoms with Crippen molar-refractivity contribution in [1.82, 2.24) is 5.32 Å². The predicted molar refractivity (Wildman–Crippen MR) is 55.4 cm³/mol. The highest BCUT2D eigenvalue weighted by atomic mass is 32.2. The fourth-order valence-corrected chi connectivity index (χ4v) is 2.26. The van der Waals surface area contributed by atoms with Crippen LogP contribution in [-0.4, -0.2) is 18.4 Å². The lowest BCUT2D eigenvalue weighted by Gasteiger charge is -2.25. The summed E-state index contributed by atoms with van der Waals surface area (Å²) in [5.74, 6) is 0.989. The number of carbonyl (C=O) groups excluding carboxylic acids is 1. The molecule has 2 rings (SSSR count). The highest BCUT2D eigenvalue weighted by molar-refractivity contribution is 8.00. The van der Waals surface area contributed by atoms with Crippen LogP contribution in [0.1, 0.15) is 6.42 Å². The van der Waals surface area contributed by atoms with Crippen LogP contribution in [0.25, 0.3) is 0 Å². The maximum absolute atomic E-state index is 10.7. The second-order valence-electron chi connectivity index (χ2n) is 3.05. The van der Waals surface area contributed by atoms with Gasteiger partial charge in [0.05, 0.1) is 18.9 Å². The first kappa shape index (κ1) is 9.40. The van der Waals surface area contributed by atoms with E-state index < -0.39 is 0 Å². The van der Waals surface area contributed by atoms with Crippen LogP contribution in [0.2, 0.25) is 0 Å². The van der Waals surface area contributed by atoms with Crippen molar-refractivity contribution in [2.75, 3.05) is 7.11 Å². The minimum Gasteiger partial charge on any atom is -0.497 e. The molecule has 0 spiro atoms. The Kier molecular flexibility index (Phi) is 2.63. The molecule has 0 unspecified atom stereocenters. The van der Waals surface area contributed by atoms with Gasteiger partial charge in [0.15, 0.2) is 0 Å². The minimum atomic E-state index is 0.135. The largest absolute Gasteiger partial charge is 0.497 e. The average molecular weight is 209 g/mol. The molecule has 3 nitrogen and oxygen atoms in total. The molecule has 0 aromatic heterocycles. The van der Waals surface area contributed by atoms with Gasteiger partial charge in [0.25, 0.3) is 0 Å². The summed E-state index contributed by atoms with van der Waals surface area (Å²) in [5.41, 5.74) is 0. The number of methoxy groups -OCH3 is 1. The molecule has 0 saturated carbocycles. The van der Waals surface area contributed by atoms with Crippen molar-refractivity contribution in [1.29, 1.82) is 0 Å². The smallest absolute Gasteiger partial charge is 0.223 e. The summed E-state index contributed by atoms with van der Waals surface area (Å²) >= 11 is 1.67. The number of hydrogen-bond donors (Lipinski definition) is 1. The second kappa shape index (κ2) is 3.92. The van der Waals surface area contributed by atoms with Gasteiger partial charge in [-0.05, 0) is 24.3 Å². The number of thioether (sulfide) groups is 1. The number of amides is 1. The third-order valence-corrected chi connectivity index (χ3v) is 3.14. The molecule has 14 heavy (non-hydrogen) atoms. The molecule has 1 amide bonds. The first-order chi connectivity index (χ1) is 6.78. The summed E-state index contributed by atoms with van der Waals surface area (Å²) in [6.45, 7) is 0. The van der Waals surface area contributed by atoms with E-state index in [4.69, 9.17) is 4.74 Å². The second-order valence-corrected chi connectivity index (χ2v) is 4.33. The fraction of sp³-hybridized carbons (Fsp3) is 0.300. The molecule has 74 valence electrons. The molecule has 0 radical (unpaired) electrons. The van der Waals surface area contributed by atoms with Gasteiger partial charge in [-0.3, -0.25) is 4.79 Å². The van der Waals surface area contributed by atoms with E-state index >= 15 is 0 Å². The Bertz CT molecular complexity index is 328. The molecule has 1 N–H and O–H groups in total. The molecular formula is C10H11NO2S. The third-order valence-electron chi connectivity index (χ3n) is 2.03. The number of benzene rings is 1. The molecule has 1 atom stereocenters. The number of ether oxygens (including phenoxy) is 1. The monoisotopic (exact) mass is 209 g/mol. The van der Waals surface area contributed by atoms with E-state index in [1.54, 1.807) is 18.9 Å². The Morgan fingerprint density at radius 2 is 2.07 bits per heavy atom. The van der Waals surface area contributed by atoms with Crippen molar-refractivity contribution in [2.24, 2.45) is 0 Å². The summed E-state index contributed by atoms with van der Waals surface area (Å²) in [7, 11) is 1.65. The summed E-state index contributed by atoms with van der Waals surface area (Å²) in [6, 6.07) is 7.83. The molecule has 1 fully saturated rings. The van der Waals surface area contributed by atoms with Gasteiger partial charge >= 0.3 is 0 Å². The van der Waals surface area contributed by atoms with Gasteiger partial charge in [0.2, 0.25) is 5.91 Å². The summed E-state index contributed by atoms with van der Waals surface area (Å²) in [4.78, 5) is 11.8. The first-order valence-corrected chi connectivity index (χ1v) is 5.26. The average Bonchev–Trinajstić information content (AvgIpc) is 2.17. The van der Waals surface area contributed by atoms with Crippen LogP contribution < -0.4 is 10.1 Å². The molecule has 1 aliphatic rings. The molecule has 1 aliphatic heterocycles. The van der Waals surface area contributed by atoms with Crippen LogP contribution in [-0.2, 0) is 4.79 Å². The Balaban J connectivity index is 1.93. The van der Waals surface area contributed by atoms with Crippen molar-refractivity contribution >= 4 is 17.7 Å². The van der Waals surface area contributed by atoms with Gasteiger partial charge in [-0.2, -0.15) is 0 Å². The number of hydrogen-bond acceptors (Lipinski definition) is 3. The number of nitrogens with one attached hydrogen (secondary N) is 1. The van der Waals surface area contributed by atoms with Crippen molar-refractivity contribution < 1.29 is 9.53 Å². The van der Waals surface area contributed by atoms with Crippen molar-refractivity contribution in [2.45, 2.75) is 16.7 Å². The van der Waals surface area contributed by atoms with E-state index in [-0.39, 0.29) is 11.3 Å². The molecule has 1 saturated heterocycles. The van der Waals surface area contributed by atoms with Crippen LogP contribution in [0, 0.1) is 0 Å². The van der Waals surface area contributed by atoms with Gasteiger partial charge in [-0.15, -0.1) is 11.8 Å². The fourth-order valence-electron chi connectivity index (χ4n) is 1.22. The minimum absolute atomic E-state index is 0.135. The molecule has 1 heterocycles. The maximum atomic E-state index is 10.7. The van der Waals surface area contributed by atoms with Crippen LogP contribution >= 0.6 is 11.8 Å². The number of rotatable bonds is 3. The van der Waals surface area contributed by atoms with Crippen LogP contribution in [0.3, 0.4) is 0 Å². The molecule has 4 heteroatoms. The standard InChI is InChI=1S/C10H11NO2S/c1-13-7-2-4-8(5-3-7)14-10-6-9(12)11-10/h2-5,10H,6H2,1H3,(H,11,12)/t10-/m1/s1. The van der Waals surface area contributed by atoms with Crippen LogP contribution in [0.5, 0.6) is 5.75 Å². The lowest BCUT2D eigenvalue weighted by Crippen LogP contribution is -2.46.